The molecule has 0 saturated heterocycles. The molecule has 0 spiro atoms. The molecule has 1 heterocycles. The van der Waals surface area contributed by atoms with Gasteiger partial charge >= 0.3 is 0 Å². The monoisotopic (exact) mass is 170 g/mol. The van der Waals surface area contributed by atoms with Crippen molar-refractivity contribution in [1.82, 2.24) is 4.98 Å². The van der Waals surface area contributed by atoms with Gasteiger partial charge in [-0.05, 0) is 19.4 Å². The van der Waals surface area contributed by atoms with E-state index in [1.54, 1.807) is 11.3 Å². The molecule has 0 amide bonds. The number of rotatable bonds is 4. The Morgan fingerprint density at radius 3 is 3.00 bits per heavy atom. The lowest BCUT2D eigenvalue weighted by atomic mass is 10.3. The van der Waals surface area contributed by atoms with Crippen molar-refractivity contribution in [2.75, 3.05) is 6.54 Å². The normalized spacial score (nSPS) is 10.4. The first-order chi connectivity index (χ1) is 5.36. The minimum Gasteiger partial charge on any atom is -0.330 e. The summed E-state index contributed by atoms with van der Waals surface area (Å²) in [6.07, 6.45) is 3.20. The van der Waals surface area contributed by atoms with Gasteiger partial charge in [0.25, 0.3) is 0 Å². The second-order valence-corrected chi connectivity index (χ2v) is 3.46. The van der Waals surface area contributed by atoms with Gasteiger partial charge in [0.05, 0.1) is 10.7 Å². The molecule has 2 N–H and O–H groups in total. The first-order valence-electron chi connectivity index (χ1n) is 4.00. The summed E-state index contributed by atoms with van der Waals surface area (Å²) >= 11 is 1.75. The van der Waals surface area contributed by atoms with Crippen LogP contribution in [0.1, 0.15) is 24.0 Å². The maximum Gasteiger partial charge on any atom is 0.0928 e. The van der Waals surface area contributed by atoms with Crippen LogP contribution in [0.3, 0.4) is 0 Å². The van der Waals surface area contributed by atoms with Crippen LogP contribution in [0.15, 0.2) is 5.38 Å². The lowest BCUT2D eigenvalue weighted by Gasteiger charge is -1.89. The van der Waals surface area contributed by atoms with Crippen molar-refractivity contribution in [3.05, 3.63) is 16.1 Å². The Kier molecular flexibility index (Phi) is 3.52. The third-order valence-electron chi connectivity index (χ3n) is 1.46. The van der Waals surface area contributed by atoms with Crippen molar-refractivity contribution in [3.63, 3.8) is 0 Å². The van der Waals surface area contributed by atoms with Gasteiger partial charge in [-0.3, -0.25) is 0 Å². The summed E-state index contributed by atoms with van der Waals surface area (Å²) in [4.78, 5) is 4.43. The number of thiazole rings is 1. The number of aryl methyl sites for hydroxylation is 1. The summed E-state index contributed by atoms with van der Waals surface area (Å²) in [6, 6.07) is 0. The van der Waals surface area contributed by atoms with Gasteiger partial charge in [0.2, 0.25) is 0 Å². The van der Waals surface area contributed by atoms with Crippen LogP contribution < -0.4 is 5.73 Å². The van der Waals surface area contributed by atoms with Crippen LogP contribution in [0.5, 0.6) is 0 Å². The summed E-state index contributed by atoms with van der Waals surface area (Å²) in [7, 11) is 0. The largest absolute Gasteiger partial charge is 0.330 e. The standard InChI is InChI=1S/C8H14N2S/c1-2-3-8-10-7(4-5-9)6-11-8/h6H,2-5,9H2,1H3. The second kappa shape index (κ2) is 4.46. The molecule has 11 heavy (non-hydrogen) atoms. The van der Waals surface area contributed by atoms with Gasteiger partial charge in [-0.2, -0.15) is 0 Å². The maximum atomic E-state index is 5.41. The summed E-state index contributed by atoms with van der Waals surface area (Å²) in [5.41, 5.74) is 6.56. The molecule has 0 atom stereocenters. The van der Waals surface area contributed by atoms with Crippen LogP contribution in [0.2, 0.25) is 0 Å². The number of hydrogen-bond acceptors (Lipinski definition) is 3. The predicted molar refractivity (Wildman–Crippen MR) is 48.9 cm³/mol. The zero-order valence-corrected chi connectivity index (χ0v) is 7.66. The van der Waals surface area contributed by atoms with Crippen LogP contribution in [0, 0.1) is 0 Å². The van der Waals surface area contributed by atoms with Crippen molar-refractivity contribution in [2.45, 2.75) is 26.2 Å². The van der Waals surface area contributed by atoms with Crippen molar-refractivity contribution >= 4 is 11.3 Å². The van der Waals surface area contributed by atoms with Crippen molar-refractivity contribution in [1.29, 1.82) is 0 Å². The van der Waals surface area contributed by atoms with E-state index in [1.807, 2.05) is 0 Å². The number of aromatic nitrogens is 1. The Labute approximate surface area is 71.5 Å². The third kappa shape index (κ3) is 2.60. The molecule has 3 heteroatoms. The summed E-state index contributed by atoms with van der Waals surface area (Å²) in [6.45, 7) is 2.87. The van der Waals surface area contributed by atoms with Crippen molar-refractivity contribution in [3.8, 4) is 0 Å². The lowest BCUT2D eigenvalue weighted by Crippen LogP contribution is -2.02. The molecule has 1 aromatic heterocycles. The predicted octanol–water partition coefficient (Wildman–Crippen LogP) is 1.60. The molecular weight excluding hydrogens is 156 g/mol. The van der Waals surface area contributed by atoms with Gasteiger partial charge in [0.1, 0.15) is 0 Å². The van der Waals surface area contributed by atoms with Crippen molar-refractivity contribution < 1.29 is 0 Å². The van der Waals surface area contributed by atoms with E-state index in [0.717, 1.165) is 18.5 Å². The molecule has 0 bridgehead atoms. The zero-order chi connectivity index (χ0) is 8.10. The van der Waals surface area contributed by atoms with Crippen LogP contribution in [0.4, 0.5) is 0 Å². The first-order valence-corrected chi connectivity index (χ1v) is 4.88. The number of nitrogens with zero attached hydrogens (tertiary/aromatic N) is 1. The minimum absolute atomic E-state index is 0.704. The highest BCUT2D eigenvalue weighted by Crippen LogP contribution is 2.11. The molecule has 1 rings (SSSR count). The molecule has 0 radical (unpaired) electrons. The fourth-order valence-electron chi connectivity index (χ4n) is 0.940. The van der Waals surface area contributed by atoms with E-state index in [9.17, 15) is 0 Å². The second-order valence-electron chi connectivity index (χ2n) is 2.52. The van der Waals surface area contributed by atoms with Gasteiger partial charge in [-0.1, -0.05) is 6.92 Å². The van der Waals surface area contributed by atoms with Crippen LogP contribution in [-0.2, 0) is 12.8 Å². The van der Waals surface area contributed by atoms with Crippen LogP contribution in [0.25, 0.3) is 0 Å². The Balaban J connectivity index is 2.51. The molecular formula is C8H14N2S. The average molecular weight is 170 g/mol. The quantitative estimate of drug-likeness (QED) is 0.745. The van der Waals surface area contributed by atoms with E-state index in [2.05, 4.69) is 17.3 Å². The minimum atomic E-state index is 0.704. The summed E-state index contributed by atoms with van der Waals surface area (Å²) in [5, 5.41) is 3.36. The maximum absolute atomic E-state index is 5.41. The topological polar surface area (TPSA) is 38.9 Å². The van der Waals surface area contributed by atoms with Gasteiger partial charge in [-0.25, -0.2) is 4.98 Å². The third-order valence-corrected chi connectivity index (χ3v) is 2.42. The van der Waals surface area contributed by atoms with Gasteiger partial charge in [0.15, 0.2) is 0 Å². The van der Waals surface area contributed by atoms with E-state index < -0.39 is 0 Å². The molecule has 0 unspecified atom stereocenters. The molecule has 0 aliphatic heterocycles. The summed E-state index contributed by atoms with van der Waals surface area (Å²) in [5.74, 6) is 0. The molecule has 0 aromatic carbocycles. The molecule has 0 aliphatic carbocycles. The fraction of sp³-hybridized carbons (Fsp3) is 0.625. The highest BCUT2D eigenvalue weighted by molar-refractivity contribution is 7.09. The van der Waals surface area contributed by atoms with Crippen LogP contribution >= 0.6 is 11.3 Å². The molecule has 0 fully saturated rings. The van der Waals surface area contributed by atoms with Gasteiger partial charge < -0.3 is 5.73 Å². The molecule has 1 aromatic rings. The van der Waals surface area contributed by atoms with Gasteiger partial charge in [-0.15, -0.1) is 11.3 Å². The number of nitrogens with two attached hydrogens (primary N) is 1. The summed E-state index contributed by atoms with van der Waals surface area (Å²) < 4.78 is 0. The van der Waals surface area contributed by atoms with Crippen LogP contribution in [-0.4, -0.2) is 11.5 Å². The molecule has 0 saturated carbocycles. The van der Waals surface area contributed by atoms with E-state index >= 15 is 0 Å². The highest BCUT2D eigenvalue weighted by Gasteiger charge is 1.98. The first kappa shape index (κ1) is 8.68. The van der Waals surface area contributed by atoms with E-state index in [4.69, 9.17) is 5.73 Å². The highest BCUT2D eigenvalue weighted by atomic mass is 32.1. The van der Waals surface area contributed by atoms with Crippen molar-refractivity contribution in [2.24, 2.45) is 5.73 Å². The Bertz CT molecular complexity index is 187. The molecule has 0 aliphatic rings. The molecule has 2 nitrogen and oxygen atoms in total. The Morgan fingerprint density at radius 2 is 2.36 bits per heavy atom. The SMILES string of the molecule is CCCc1nc(CCN)cs1. The number of hydrogen-bond donors (Lipinski definition) is 1. The molecule has 62 valence electrons. The van der Waals surface area contributed by atoms with E-state index in [-0.39, 0.29) is 0 Å². The van der Waals surface area contributed by atoms with Gasteiger partial charge in [0, 0.05) is 11.8 Å². The Morgan fingerprint density at radius 1 is 1.55 bits per heavy atom. The smallest absolute Gasteiger partial charge is 0.0928 e. The zero-order valence-electron chi connectivity index (χ0n) is 6.84. The Hall–Kier alpha value is -0.410. The lowest BCUT2D eigenvalue weighted by molar-refractivity contribution is 0.876. The average Bonchev–Trinajstić information content (AvgIpc) is 2.38. The fourth-order valence-corrected chi connectivity index (χ4v) is 1.87. The van der Waals surface area contributed by atoms with E-state index in [0.29, 0.717) is 6.54 Å². The van der Waals surface area contributed by atoms with E-state index in [1.165, 1.54) is 11.4 Å².